The largest absolute Gasteiger partial charge is 0.497 e. The van der Waals surface area contributed by atoms with Crippen LogP contribution in [0.15, 0.2) is 48.5 Å². The van der Waals surface area contributed by atoms with E-state index in [2.05, 4.69) is 29.5 Å². The number of benzene rings is 2. The first-order valence-electron chi connectivity index (χ1n) is 9.53. The number of hydrogen-bond acceptors (Lipinski definition) is 6. The number of amides is 1. The summed E-state index contributed by atoms with van der Waals surface area (Å²) in [6, 6.07) is 15.4. The molecule has 8 heteroatoms. The van der Waals surface area contributed by atoms with Crippen LogP contribution in [0, 0.1) is 13.8 Å². The lowest BCUT2D eigenvalue weighted by molar-refractivity contribution is -0.114. The zero-order valence-corrected chi connectivity index (χ0v) is 18.2. The van der Waals surface area contributed by atoms with Crippen LogP contribution in [0.5, 0.6) is 5.75 Å². The van der Waals surface area contributed by atoms with Gasteiger partial charge in [0.15, 0.2) is 10.8 Å². The molecule has 0 unspecified atom stereocenters. The fourth-order valence-corrected chi connectivity index (χ4v) is 4.13. The van der Waals surface area contributed by atoms with Crippen molar-refractivity contribution in [1.29, 1.82) is 0 Å². The van der Waals surface area contributed by atoms with E-state index in [-0.39, 0.29) is 12.5 Å². The van der Waals surface area contributed by atoms with Crippen molar-refractivity contribution in [3.63, 3.8) is 0 Å². The average Bonchev–Trinajstić information content (AvgIpc) is 3.29. The van der Waals surface area contributed by atoms with Gasteiger partial charge >= 0.3 is 0 Å². The number of nitrogens with zero attached hydrogens (tertiary/aromatic N) is 4. The number of methoxy groups -OCH3 is 1. The zero-order valence-electron chi connectivity index (χ0n) is 17.3. The molecule has 0 aliphatic heterocycles. The number of aromatic nitrogens is 3. The maximum atomic E-state index is 12.5. The number of aryl methyl sites for hydroxylation is 2. The fraction of sp³-hybridized carbons (Fsp3) is 0.227. The molecule has 2 aromatic carbocycles. The van der Waals surface area contributed by atoms with Crippen molar-refractivity contribution in [1.82, 2.24) is 14.8 Å². The number of anilines is 2. The molecule has 0 aliphatic carbocycles. The molecule has 0 atom stereocenters. The summed E-state index contributed by atoms with van der Waals surface area (Å²) >= 11 is 1.54. The van der Waals surface area contributed by atoms with Crippen LogP contribution in [0.1, 0.15) is 11.3 Å². The van der Waals surface area contributed by atoms with Gasteiger partial charge in [0.2, 0.25) is 5.91 Å². The Bertz CT molecular complexity index is 1200. The highest BCUT2D eigenvalue weighted by atomic mass is 32.1. The van der Waals surface area contributed by atoms with E-state index in [1.54, 1.807) is 7.11 Å². The summed E-state index contributed by atoms with van der Waals surface area (Å²) in [5.41, 5.74) is 4.60. The number of likely N-dealkylation sites (N-methyl/N-ethyl adjacent to an activating group) is 1. The molecule has 7 nitrogen and oxygen atoms in total. The fourth-order valence-electron chi connectivity index (χ4n) is 3.18. The van der Waals surface area contributed by atoms with Crippen molar-refractivity contribution in [2.24, 2.45) is 0 Å². The second-order valence-corrected chi connectivity index (χ2v) is 8.10. The predicted octanol–water partition coefficient (Wildman–Crippen LogP) is 4.18. The van der Waals surface area contributed by atoms with Gasteiger partial charge in [-0.15, -0.1) is 0 Å². The number of rotatable bonds is 6. The van der Waals surface area contributed by atoms with Gasteiger partial charge in [0, 0.05) is 12.7 Å². The quantitative estimate of drug-likeness (QED) is 0.506. The van der Waals surface area contributed by atoms with Crippen molar-refractivity contribution in [3.8, 4) is 11.4 Å². The lowest BCUT2D eigenvalue weighted by Crippen LogP contribution is -2.29. The third kappa shape index (κ3) is 3.99. The van der Waals surface area contributed by atoms with Crippen LogP contribution in [0.2, 0.25) is 0 Å². The van der Waals surface area contributed by atoms with Crippen molar-refractivity contribution in [2.75, 3.05) is 30.9 Å². The molecule has 0 saturated carbocycles. The molecule has 1 amide bonds. The molecule has 0 radical (unpaired) electrons. The van der Waals surface area contributed by atoms with Crippen LogP contribution in [0.25, 0.3) is 16.0 Å². The van der Waals surface area contributed by atoms with Crippen LogP contribution in [0.3, 0.4) is 0 Å². The Hall–Kier alpha value is -3.39. The first kappa shape index (κ1) is 19.9. The van der Waals surface area contributed by atoms with Gasteiger partial charge in [-0.25, -0.2) is 4.68 Å². The lowest BCUT2D eigenvalue weighted by atomic mass is 10.2. The Labute approximate surface area is 178 Å². The van der Waals surface area contributed by atoms with Crippen LogP contribution >= 0.6 is 11.3 Å². The summed E-state index contributed by atoms with van der Waals surface area (Å²) in [5.74, 6) is 0.636. The summed E-state index contributed by atoms with van der Waals surface area (Å²) in [6.45, 7) is 4.23. The molecule has 1 N–H and O–H groups in total. The number of carbonyl (C=O) groups is 1. The standard InChI is InChI=1S/C22H23N5O2S/c1-14-6-5-7-17(12-14)27-21-20(15(2)25-27)30-22(24-21)26(3)13-19(28)23-16-8-10-18(29-4)11-9-16/h5-12H,13H2,1-4H3,(H,23,28). The number of hydrogen-bond donors (Lipinski definition) is 1. The minimum absolute atomic E-state index is 0.112. The smallest absolute Gasteiger partial charge is 0.243 e. The Morgan fingerprint density at radius 1 is 1.20 bits per heavy atom. The first-order valence-corrected chi connectivity index (χ1v) is 10.3. The van der Waals surface area contributed by atoms with E-state index in [0.717, 1.165) is 43.9 Å². The Kier molecular flexibility index (Phi) is 5.41. The minimum Gasteiger partial charge on any atom is -0.497 e. The maximum Gasteiger partial charge on any atom is 0.243 e. The Balaban J connectivity index is 1.52. The average molecular weight is 422 g/mol. The molecule has 2 aromatic heterocycles. The van der Waals surface area contributed by atoms with Crippen LogP contribution in [0.4, 0.5) is 10.8 Å². The van der Waals surface area contributed by atoms with Crippen molar-refractivity contribution in [2.45, 2.75) is 13.8 Å². The van der Waals surface area contributed by atoms with E-state index < -0.39 is 0 Å². The van der Waals surface area contributed by atoms with Crippen molar-refractivity contribution < 1.29 is 9.53 Å². The summed E-state index contributed by atoms with van der Waals surface area (Å²) in [6.07, 6.45) is 0. The zero-order chi connectivity index (χ0) is 21.3. The van der Waals surface area contributed by atoms with E-state index in [0.29, 0.717) is 0 Å². The van der Waals surface area contributed by atoms with Crippen LogP contribution in [-0.2, 0) is 4.79 Å². The van der Waals surface area contributed by atoms with Gasteiger partial charge in [0.1, 0.15) is 5.75 Å². The van der Waals surface area contributed by atoms with Gasteiger partial charge in [-0.3, -0.25) is 4.79 Å². The molecule has 2 heterocycles. The topological polar surface area (TPSA) is 72.3 Å². The van der Waals surface area contributed by atoms with Gasteiger partial charge in [0.25, 0.3) is 0 Å². The highest BCUT2D eigenvalue weighted by molar-refractivity contribution is 7.22. The van der Waals surface area contributed by atoms with Gasteiger partial charge in [-0.05, 0) is 55.8 Å². The number of fused-ring (bicyclic) bond motifs is 1. The predicted molar refractivity (Wildman–Crippen MR) is 121 cm³/mol. The van der Waals surface area contributed by atoms with E-state index in [1.165, 1.54) is 11.3 Å². The van der Waals surface area contributed by atoms with Crippen LogP contribution in [-0.4, -0.2) is 41.4 Å². The Morgan fingerprint density at radius 2 is 1.97 bits per heavy atom. The molecule has 0 bridgehead atoms. The van der Waals surface area contributed by atoms with Gasteiger partial charge in [0.05, 0.1) is 29.7 Å². The molecule has 0 spiro atoms. The molecule has 154 valence electrons. The highest BCUT2D eigenvalue weighted by Gasteiger charge is 2.18. The first-order chi connectivity index (χ1) is 14.4. The van der Waals surface area contributed by atoms with Gasteiger partial charge in [-0.2, -0.15) is 10.1 Å². The number of ether oxygens (including phenoxy) is 1. The molecule has 0 saturated heterocycles. The number of thiazole rings is 1. The molecular formula is C22H23N5O2S. The molecule has 30 heavy (non-hydrogen) atoms. The van der Waals surface area contributed by atoms with E-state index >= 15 is 0 Å². The molecule has 4 aromatic rings. The number of carbonyl (C=O) groups excluding carboxylic acids is 1. The third-order valence-corrected chi connectivity index (χ3v) is 5.97. The molecule has 0 fully saturated rings. The van der Waals surface area contributed by atoms with Gasteiger partial charge in [-0.1, -0.05) is 23.5 Å². The third-order valence-electron chi connectivity index (χ3n) is 4.70. The molecular weight excluding hydrogens is 398 g/mol. The van der Waals surface area contributed by atoms with E-state index in [9.17, 15) is 4.79 Å². The highest BCUT2D eigenvalue weighted by Crippen LogP contribution is 2.32. The Morgan fingerprint density at radius 3 is 2.67 bits per heavy atom. The lowest BCUT2D eigenvalue weighted by Gasteiger charge is -2.15. The van der Waals surface area contributed by atoms with Gasteiger partial charge < -0.3 is 15.0 Å². The second kappa shape index (κ2) is 8.16. The van der Waals surface area contributed by atoms with Crippen LogP contribution < -0.4 is 15.0 Å². The maximum absolute atomic E-state index is 12.5. The SMILES string of the molecule is COc1ccc(NC(=O)CN(C)c2nc3c(s2)c(C)nn3-c2cccc(C)c2)cc1. The molecule has 0 aliphatic rings. The molecule has 4 rings (SSSR count). The van der Waals surface area contributed by atoms with Crippen molar-refractivity contribution >= 4 is 38.4 Å². The monoisotopic (exact) mass is 421 g/mol. The summed E-state index contributed by atoms with van der Waals surface area (Å²) < 4.78 is 8.03. The van der Waals surface area contributed by atoms with E-state index in [1.807, 2.05) is 60.0 Å². The normalized spacial score (nSPS) is 10.9. The summed E-state index contributed by atoms with van der Waals surface area (Å²) in [4.78, 5) is 19.1. The van der Waals surface area contributed by atoms with Crippen molar-refractivity contribution in [3.05, 3.63) is 59.8 Å². The van der Waals surface area contributed by atoms with E-state index in [4.69, 9.17) is 9.72 Å². The summed E-state index contributed by atoms with van der Waals surface area (Å²) in [5, 5.41) is 8.32. The number of nitrogens with one attached hydrogen (secondary N) is 1. The second-order valence-electron chi connectivity index (χ2n) is 7.12. The summed E-state index contributed by atoms with van der Waals surface area (Å²) in [7, 11) is 3.48. The minimum atomic E-state index is -0.112.